The zero-order valence-corrected chi connectivity index (χ0v) is 7.92. The molecular formula is C9H18N2O. The molecule has 1 aliphatic heterocycles. The van der Waals surface area contributed by atoms with Crippen molar-refractivity contribution in [2.45, 2.75) is 32.7 Å². The molecule has 70 valence electrons. The first-order valence-corrected chi connectivity index (χ1v) is 4.68. The van der Waals surface area contributed by atoms with Crippen molar-refractivity contribution >= 4 is 5.91 Å². The van der Waals surface area contributed by atoms with Gasteiger partial charge in [-0.15, -0.1) is 0 Å². The lowest BCUT2D eigenvalue weighted by molar-refractivity contribution is -0.132. The van der Waals surface area contributed by atoms with Crippen LogP contribution in [-0.4, -0.2) is 29.9 Å². The van der Waals surface area contributed by atoms with Crippen molar-refractivity contribution in [3.8, 4) is 0 Å². The van der Waals surface area contributed by atoms with Gasteiger partial charge in [0.25, 0.3) is 0 Å². The number of rotatable bonds is 1. The molecule has 1 saturated heterocycles. The number of carbonyl (C=O) groups excluding carboxylic acids is 1. The quantitative estimate of drug-likeness (QED) is 0.626. The van der Waals surface area contributed by atoms with Crippen molar-refractivity contribution in [2.24, 2.45) is 11.7 Å². The van der Waals surface area contributed by atoms with Gasteiger partial charge in [0.15, 0.2) is 0 Å². The first-order valence-electron chi connectivity index (χ1n) is 4.68. The molecular weight excluding hydrogens is 152 g/mol. The smallest absolute Gasteiger partial charge is 0.222 e. The number of hydrogen-bond donors (Lipinski definition) is 1. The van der Waals surface area contributed by atoms with Gasteiger partial charge in [-0.25, -0.2) is 0 Å². The molecule has 12 heavy (non-hydrogen) atoms. The third kappa shape index (κ3) is 1.97. The molecule has 1 aliphatic rings. The number of amides is 1. The molecule has 0 spiro atoms. The largest absolute Gasteiger partial charge is 0.342 e. The van der Waals surface area contributed by atoms with Gasteiger partial charge >= 0.3 is 0 Å². The minimum absolute atomic E-state index is 0.258. The van der Waals surface area contributed by atoms with Crippen molar-refractivity contribution in [3.63, 3.8) is 0 Å². The Kier molecular flexibility index (Phi) is 3.09. The fourth-order valence-corrected chi connectivity index (χ4v) is 1.61. The zero-order chi connectivity index (χ0) is 9.14. The van der Waals surface area contributed by atoms with Gasteiger partial charge < -0.3 is 10.6 Å². The number of hydrogen-bond acceptors (Lipinski definition) is 2. The Morgan fingerprint density at radius 3 is 2.83 bits per heavy atom. The Bertz CT molecular complexity index is 170. The summed E-state index contributed by atoms with van der Waals surface area (Å²) >= 11 is 0. The summed E-state index contributed by atoms with van der Waals surface area (Å²) in [6.45, 7) is 5.70. The lowest BCUT2D eigenvalue weighted by atomic mass is 9.95. The van der Waals surface area contributed by atoms with Crippen LogP contribution in [0.5, 0.6) is 0 Å². The highest BCUT2D eigenvalue weighted by Gasteiger charge is 2.24. The van der Waals surface area contributed by atoms with Crippen LogP contribution in [0.2, 0.25) is 0 Å². The van der Waals surface area contributed by atoms with Crippen LogP contribution in [0.3, 0.4) is 0 Å². The maximum atomic E-state index is 11.3. The Labute approximate surface area is 73.9 Å². The molecule has 3 heteroatoms. The van der Waals surface area contributed by atoms with E-state index in [4.69, 9.17) is 5.73 Å². The SMILES string of the molecule is CCC(=O)N1CCC(N)C(C)C1. The normalized spacial score (nSPS) is 30.4. The lowest BCUT2D eigenvalue weighted by Crippen LogP contribution is -2.47. The summed E-state index contributed by atoms with van der Waals surface area (Å²) in [5.74, 6) is 0.711. The highest BCUT2D eigenvalue weighted by atomic mass is 16.2. The second-order valence-corrected chi connectivity index (χ2v) is 3.62. The summed E-state index contributed by atoms with van der Waals surface area (Å²) in [6.07, 6.45) is 1.56. The van der Waals surface area contributed by atoms with E-state index in [1.165, 1.54) is 0 Å². The van der Waals surface area contributed by atoms with Crippen LogP contribution >= 0.6 is 0 Å². The monoisotopic (exact) mass is 170 g/mol. The first kappa shape index (κ1) is 9.52. The van der Waals surface area contributed by atoms with Gasteiger partial charge in [-0.05, 0) is 12.3 Å². The van der Waals surface area contributed by atoms with Gasteiger partial charge in [-0.3, -0.25) is 4.79 Å². The minimum Gasteiger partial charge on any atom is -0.342 e. The van der Waals surface area contributed by atoms with Crippen LogP contribution in [0.1, 0.15) is 26.7 Å². The standard InChI is InChI=1S/C9H18N2O/c1-3-9(12)11-5-4-8(10)7(2)6-11/h7-8H,3-6,10H2,1-2H3. The number of nitrogens with two attached hydrogens (primary N) is 1. The van der Waals surface area contributed by atoms with Crippen LogP contribution in [-0.2, 0) is 4.79 Å². The number of likely N-dealkylation sites (tertiary alicyclic amines) is 1. The van der Waals surface area contributed by atoms with Gasteiger partial charge in [-0.2, -0.15) is 0 Å². The molecule has 0 saturated carbocycles. The average molecular weight is 170 g/mol. The summed E-state index contributed by atoms with van der Waals surface area (Å²) in [4.78, 5) is 13.2. The predicted octanol–water partition coefficient (Wildman–Crippen LogP) is 0.592. The Morgan fingerprint density at radius 2 is 2.33 bits per heavy atom. The van der Waals surface area contributed by atoms with Crippen molar-refractivity contribution in [1.29, 1.82) is 0 Å². The van der Waals surface area contributed by atoms with Crippen molar-refractivity contribution < 1.29 is 4.79 Å². The van der Waals surface area contributed by atoms with Gasteiger partial charge in [0.1, 0.15) is 0 Å². The zero-order valence-electron chi connectivity index (χ0n) is 7.92. The molecule has 0 aliphatic carbocycles. The lowest BCUT2D eigenvalue weighted by Gasteiger charge is -2.34. The molecule has 3 nitrogen and oxygen atoms in total. The second-order valence-electron chi connectivity index (χ2n) is 3.62. The van der Waals surface area contributed by atoms with E-state index in [0.29, 0.717) is 12.3 Å². The molecule has 0 aromatic carbocycles. The summed E-state index contributed by atoms with van der Waals surface area (Å²) in [5, 5.41) is 0. The van der Waals surface area contributed by atoms with E-state index in [0.717, 1.165) is 19.5 Å². The topological polar surface area (TPSA) is 46.3 Å². The highest BCUT2D eigenvalue weighted by molar-refractivity contribution is 5.75. The summed E-state index contributed by atoms with van der Waals surface area (Å²) in [5.41, 5.74) is 5.84. The van der Waals surface area contributed by atoms with Gasteiger partial charge in [0.2, 0.25) is 5.91 Å². The molecule has 1 heterocycles. The Hall–Kier alpha value is -0.570. The minimum atomic E-state index is 0.258. The van der Waals surface area contributed by atoms with Crippen LogP contribution in [0, 0.1) is 5.92 Å². The fourth-order valence-electron chi connectivity index (χ4n) is 1.61. The number of carbonyl (C=O) groups is 1. The molecule has 1 amide bonds. The van der Waals surface area contributed by atoms with Crippen LogP contribution in [0.4, 0.5) is 0 Å². The third-order valence-electron chi connectivity index (χ3n) is 2.63. The summed E-state index contributed by atoms with van der Waals surface area (Å²) in [7, 11) is 0. The maximum Gasteiger partial charge on any atom is 0.222 e. The Balaban J connectivity index is 2.45. The van der Waals surface area contributed by atoms with E-state index in [2.05, 4.69) is 6.92 Å². The Morgan fingerprint density at radius 1 is 1.67 bits per heavy atom. The second kappa shape index (κ2) is 3.90. The van der Waals surface area contributed by atoms with Crippen LogP contribution in [0.15, 0.2) is 0 Å². The first-order chi connectivity index (χ1) is 5.65. The number of nitrogens with zero attached hydrogens (tertiary/aromatic N) is 1. The van der Waals surface area contributed by atoms with Gasteiger partial charge in [0, 0.05) is 25.6 Å². The summed E-state index contributed by atoms with van der Waals surface area (Å²) < 4.78 is 0. The average Bonchev–Trinajstić information content (AvgIpc) is 2.08. The third-order valence-corrected chi connectivity index (χ3v) is 2.63. The number of piperidine rings is 1. The molecule has 0 radical (unpaired) electrons. The molecule has 2 N–H and O–H groups in total. The molecule has 2 unspecified atom stereocenters. The van der Waals surface area contributed by atoms with Crippen LogP contribution < -0.4 is 5.73 Å². The van der Waals surface area contributed by atoms with Gasteiger partial charge in [-0.1, -0.05) is 13.8 Å². The molecule has 0 aromatic rings. The van der Waals surface area contributed by atoms with Crippen molar-refractivity contribution in [2.75, 3.05) is 13.1 Å². The molecule has 1 fully saturated rings. The van der Waals surface area contributed by atoms with E-state index in [1.54, 1.807) is 0 Å². The van der Waals surface area contributed by atoms with Gasteiger partial charge in [0.05, 0.1) is 0 Å². The van der Waals surface area contributed by atoms with Crippen LogP contribution in [0.25, 0.3) is 0 Å². The van der Waals surface area contributed by atoms with E-state index < -0.39 is 0 Å². The maximum absolute atomic E-state index is 11.3. The fraction of sp³-hybridized carbons (Fsp3) is 0.889. The van der Waals surface area contributed by atoms with E-state index >= 15 is 0 Å². The molecule has 0 bridgehead atoms. The highest BCUT2D eigenvalue weighted by Crippen LogP contribution is 2.15. The van der Waals surface area contributed by atoms with E-state index in [-0.39, 0.29) is 11.9 Å². The van der Waals surface area contributed by atoms with Crippen molar-refractivity contribution in [3.05, 3.63) is 0 Å². The predicted molar refractivity (Wildman–Crippen MR) is 48.6 cm³/mol. The molecule has 2 atom stereocenters. The molecule has 0 aromatic heterocycles. The van der Waals surface area contributed by atoms with E-state index in [9.17, 15) is 4.79 Å². The van der Waals surface area contributed by atoms with Crippen molar-refractivity contribution in [1.82, 2.24) is 4.90 Å². The molecule has 1 rings (SSSR count). The van der Waals surface area contributed by atoms with E-state index in [1.807, 2.05) is 11.8 Å². The summed E-state index contributed by atoms with van der Waals surface area (Å²) in [6, 6.07) is 0.283.